The Bertz CT molecular complexity index is 530. The van der Waals surface area contributed by atoms with Crippen LogP contribution in [0.3, 0.4) is 0 Å². The SMILES string of the molecule is CNC(=O)CNS(=O)(=O)c1ccc(Cl)c(N)c1. The number of halogens is 1. The zero-order valence-corrected chi connectivity index (χ0v) is 10.6. The molecule has 8 heteroatoms. The molecule has 1 rings (SSSR count). The number of amides is 1. The molecule has 0 aliphatic heterocycles. The molecule has 0 spiro atoms. The van der Waals surface area contributed by atoms with E-state index in [1.807, 2.05) is 0 Å². The van der Waals surface area contributed by atoms with Crippen LogP contribution >= 0.6 is 11.6 Å². The van der Waals surface area contributed by atoms with Crippen molar-refractivity contribution in [2.75, 3.05) is 19.3 Å². The monoisotopic (exact) mass is 277 g/mol. The van der Waals surface area contributed by atoms with Crippen molar-refractivity contribution >= 4 is 33.2 Å². The molecule has 0 heterocycles. The molecule has 0 fully saturated rings. The third kappa shape index (κ3) is 3.58. The fourth-order valence-corrected chi connectivity index (χ4v) is 2.16. The zero-order valence-electron chi connectivity index (χ0n) is 9.03. The molecule has 1 aromatic rings. The number of carbonyl (C=O) groups is 1. The fraction of sp³-hybridized carbons (Fsp3) is 0.222. The Labute approximate surface area is 104 Å². The number of hydrogen-bond acceptors (Lipinski definition) is 4. The smallest absolute Gasteiger partial charge is 0.241 e. The lowest BCUT2D eigenvalue weighted by Gasteiger charge is -2.07. The van der Waals surface area contributed by atoms with Crippen molar-refractivity contribution in [2.45, 2.75) is 4.90 Å². The summed E-state index contributed by atoms with van der Waals surface area (Å²) >= 11 is 5.68. The van der Waals surface area contributed by atoms with Crippen molar-refractivity contribution in [1.29, 1.82) is 0 Å². The Kier molecular flexibility index (Phi) is 4.33. The van der Waals surface area contributed by atoms with Crippen LogP contribution in [0.1, 0.15) is 0 Å². The summed E-state index contributed by atoms with van der Waals surface area (Å²) in [7, 11) is -2.34. The quantitative estimate of drug-likeness (QED) is 0.672. The second-order valence-corrected chi connectivity index (χ2v) is 5.36. The molecule has 0 atom stereocenters. The molecule has 1 aromatic carbocycles. The van der Waals surface area contributed by atoms with Gasteiger partial charge in [0.05, 0.1) is 22.2 Å². The van der Waals surface area contributed by atoms with E-state index in [9.17, 15) is 13.2 Å². The molecule has 1 amide bonds. The van der Waals surface area contributed by atoms with E-state index < -0.39 is 15.9 Å². The van der Waals surface area contributed by atoms with Gasteiger partial charge in [0, 0.05) is 7.05 Å². The molecule has 0 aliphatic rings. The van der Waals surface area contributed by atoms with Crippen LogP contribution in [-0.2, 0) is 14.8 Å². The molecule has 0 radical (unpaired) electrons. The Morgan fingerprint density at radius 3 is 2.65 bits per heavy atom. The number of nitrogens with two attached hydrogens (primary N) is 1. The minimum absolute atomic E-state index is 0.0386. The maximum atomic E-state index is 11.7. The summed E-state index contributed by atoms with van der Waals surface area (Å²) < 4.78 is 25.6. The number of nitrogens with one attached hydrogen (secondary N) is 2. The summed E-state index contributed by atoms with van der Waals surface area (Å²) in [5.41, 5.74) is 5.66. The van der Waals surface area contributed by atoms with Crippen molar-refractivity contribution in [3.63, 3.8) is 0 Å². The molecular formula is C9H12ClN3O3S. The number of rotatable bonds is 4. The van der Waals surface area contributed by atoms with E-state index in [1.165, 1.54) is 25.2 Å². The number of sulfonamides is 1. The highest BCUT2D eigenvalue weighted by molar-refractivity contribution is 7.89. The van der Waals surface area contributed by atoms with E-state index in [0.717, 1.165) is 0 Å². The second-order valence-electron chi connectivity index (χ2n) is 3.18. The van der Waals surface area contributed by atoms with Crippen molar-refractivity contribution in [1.82, 2.24) is 10.0 Å². The van der Waals surface area contributed by atoms with Gasteiger partial charge in [0.15, 0.2) is 0 Å². The molecular weight excluding hydrogens is 266 g/mol. The van der Waals surface area contributed by atoms with Crippen molar-refractivity contribution in [3.8, 4) is 0 Å². The van der Waals surface area contributed by atoms with Gasteiger partial charge >= 0.3 is 0 Å². The third-order valence-electron chi connectivity index (χ3n) is 1.98. The third-order valence-corrected chi connectivity index (χ3v) is 3.72. The molecule has 0 aromatic heterocycles. The number of likely N-dealkylation sites (N-methyl/N-ethyl adjacent to an activating group) is 1. The van der Waals surface area contributed by atoms with E-state index in [1.54, 1.807) is 0 Å². The summed E-state index contributed by atoms with van der Waals surface area (Å²) in [5.74, 6) is -0.435. The van der Waals surface area contributed by atoms with Gasteiger partial charge in [0.1, 0.15) is 0 Å². The zero-order chi connectivity index (χ0) is 13.1. The van der Waals surface area contributed by atoms with Crippen LogP contribution in [0.15, 0.2) is 23.1 Å². The Balaban J connectivity index is 2.90. The van der Waals surface area contributed by atoms with E-state index in [0.29, 0.717) is 0 Å². The number of benzene rings is 1. The van der Waals surface area contributed by atoms with Gasteiger partial charge < -0.3 is 11.1 Å². The van der Waals surface area contributed by atoms with Crippen LogP contribution in [0.4, 0.5) is 5.69 Å². The number of anilines is 1. The first-order valence-corrected chi connectivity index (χ1v) is 6.48. The highest BCUT2D eigenvalue weighted by atomic mass is 35.5. The number of nitrogen functional groups attached to an aromatic ring is 1. The van der Waals surface area contributed by atoms with Crippen LogP contribution in [0.5, 0.6) is 0 Å². The van der Waals surface area contributed by atoms with E-state index in [2.05, 4.69) is 10.0 Å². The van der Waals surface area contributed by atoms with Gasteiger partial charge in [-0.3, -0.25) is 4.79 Å². The largest absolute Gasteiger partial charge is 0.397 e. The van der Waals surface area contributed by atoms with Crippen LogP contribution in [0.2, 0.25) is 5.02 Å². The highest BCUT2D eigenvalue weighted by Gasteiger charge is 2.15. The first kappa shape index (κ1) is 13.8. The molecule has 94 valence electrons. The van der Waals surface area contributed by atoms with Crippen LogP contribution in [0, 0.1) is 0 Å². The van der Waals surface area contributed by atoms with Crippen LogP contribution in [-0.4, -0.2) is 27.9 Å². The van der Waals surface area contributed by atoms with Crippen molar-refractivity contribution in [3.05, 3.63) is 23.2 Å². The van der Waals surface area contributed by atoms with Gasteiger partial charge in [-0.1, -0.05) is 11.6 Å². The average molecular weight is 278 g/mol. The summed E-state index contributed by atoms with van der Waals surface area (Å²) in [6.45, 7) is -0.332. The summed E-state index contributed by atoms with van der Waals surface area (Å²) in [6.07, 6.45) is 0. The average Bonchev–Trinajstić information content (AvgIpc) is 2.29. The van der Waals surface area contributed by atoms with Gasteiger partial charge in [0.2, 0.25) is 15.9 Å². The van der Waals surface area contributed by atoms with E-state index in [4.69, 9.17) is 17.3 Å². The highest BCUT2D eigenvalue weighted by Crippen LogP contribution is 2.21. The predicted octanol–water partition coefficient (Wildman–Crippen LogP) is -0.0535. The van der Waals surface area contributed by atoms with Crippen molar-refractivity contribution < 1.29 is 13.2 Å². The van der Waals surface area contributed by atoms with Crippen molar-refractivity contribution in [2.24, 2.45) is 0 Å². The Hall–Kier alpha value is -1.31. The lowest BCUT2D eigenvalue weighted by molar-refractivity contribution is -0.119. The Morgan fingerprint density at radius 1 is 1.47 bits per heavy atom. The summed E-state index contributed by atoms with van der Waals surface area (Å²) in [4.78, 5) is 10.9. The minimum Gasteiger partial charge on any atom is -0.397 e. The van der Waals surface area contributed by atoms with Crippen LogP contribution in [0.25, 0.3) is 0 Å². The lowest BCUT2D eigenvalue weighted by Crippen LogP contribution is -2.35. The second kappa shape index (κ2) is 5.35. The van der Waals surface area contributed by atoms with Gasteiger partial charge in [-0.05, 0) is 18.2 Å². The molecule has 17 heavy (non-hydrogen) atoms. The molecule has 0 saturated heterocycles. The van der Waals surface area contributed by atoms with E-state index >= 15 is 0 Å². The number of hydrogen-bond donors (Lipinski definition) is 3. The fourth-order valence-electron chi connectivity index (χ4n) is 1.02. The summed E-state index contributed by atoms with van der Waals surface area (Å²) in [6, 6.07) is 3.92. The molecule has 0 aliphatic carbocycles. The van der Waals surface area contributed by atoms with Gasteiger partial charge in [-0.15, -0.1) is 0 Å². The molecule has 6 nitrogen and oxygen atoms in total. The minimum atomic E-state index is -3.75. The number of carbonyl (C=O) groups excluding carboxylic acids is 1. The standard InChI is InChI=1S/C9H12ClN3O3S/c1-12-9(14)5-13-17(15,16)6-2-3-7(10)8(11)4-6/h2-4,13H,5,11H2,1H3,(H,12,14). The molecule has 4 N–H and O–H groups in total. The maximum absolute atomic E-state index is 11.7. The van der Waals surface area contributed by atoms with E-state index in [-0.39, 0.29) is 22.2 Å². The van der Waals surface area contributed by atoms with Gasteiger partial charge in [0.25, 0.3) is 0 Å². The van der Waals surface area contributed by atoms with Crippen LogP contribution < -0.4 is 15.8 Å². The lowest BCUT2D eigenvalue weighted by atomic mass is 10.3. The van der Waals surface area contributed by atoms with Gasteiger partial charge in [-0.25, -0.2) is 13.1 Å². The molecule has 0 saturated carbocycles. The molecule has 0 bridgehead atoms. The Morgan fingerprint density at radius 2 is 2.12 bits per heavy atom. The topological polar surface area (TPSA) is 101 Å². The summed E-state index contributed by atoms with van der Waals surface area (Å²) in [5, 5.41) is 2.57. The molecule has 0 unspecified atom stereocenters. The first-order valence-electron chi connectivity index (χ1n) is 4.62. The maximum Gasteiger partial charge on any atom is 0.241 e. The predicted molar refractivity (Wildman–Crippen MR) is 65.1 cm³/mol. The van der Waals surface area contributed by atoms with Gasteiger partial charge in [-0.2, -0.15) is 0 Å². The normalized spacial score (nSPS) is 11.2. The first-order chi connectivity index (χ1) is 7.86.